The summed E-state index contributed by atoms with van der Waals surface area (Å²) in [5, 5.41) is 15.5. The minimum atomic E-state index is 0.422. The minimum absolute atomic E-state index is 0.422. The lowest BCUT2D eigenvalue weighted by atomic mass is 10.1. The van der Waals surface area contributed by atoms with Crippen LogP contribution in [0.15, 0.2) is 89.8 Å². The van der Waals surface area contributed by atoms with Gasteiger partial charge in [0, 0.05) is 27.2 Å². The number of benzene rings is 3. The molecule has 0 aliphatic carbocycles. The SMILES string of the molecule is c1cc(OCc2ccccc2-c2nn[nH]n2)cc(SCc2ccc3ccccc3n2)c1. The first-order valence-corrected chi connectivity index (χ1v) is 10.9. The number of hydrogen-bond donors (Lipinski definition) is 1. The first-order chi connectivity index (χ1) is 15.3. The van der Waals surface area contributed by atoms with E-state index in [4.69, 9.17) is 9.72 Å². The number of nitrogens with zero attached hydrogens (tertiary/aromatic N) is 4. The Bertz CT molecular complexity index is 1310. The molecule has 0 saturated carbocycles. The molecule has 0 aliphatic heterocycles. The van der Waals surface area contributed by atoms with Gasteiger partial charge in [-0.15, -0.1) is 22.0 Å². The van der Waals surface area contributed by atoms with Gasteiger partial charge in [-0.3, -0.25) is 4.98 Å². The molecule has 1 N–H and O–H groups in total. The van der Waals surface area contributed by atoms with Crippen molar-refractivity contribution in [1.82, 2.24) is 25.6 Å². The van der Waals surface area contributed by atoms with Gasteiger partial charge >= 0.3 is 0 Å². The van der Waals surface area contributed by atoms with Gasteiger partial charge in [-0.25, -0.2) is 0 Å². The Morgan fingerprint density at radius 2 is 1.77 bits per heavy atom. The number of hydrogen-bond acceptors (Lipinski definition) is 6. The second kappa shape index (κ2) is 8.97. The molecule has 152 valence electrons. The highest BCUT2D eigenvalue weighted by Gasteiger charge is 2.09. The number of H-pyrrole nitrogens is 1. The van der Waals surface area contributed by atoms with Gasteiger partial charge in [-0.05, 0) is 35.5 Å². The highest BCUT2D eigenvalue weighted by Crippen LogP contribution is 2.27. The van der Waals surface area contributed by atoms with Crippen molar-refractivity contribution < 1.29 is 4.74 Å². The molecule has 31 heavy (non-hydrogen) atoms. The van der Waals surface area contributed by atoms with Gasteiger partial charge in [0.1, 0.15) is 12.4 Å². The van der Waals surface area contributed by atoms with Crippen LogP contribution < -0.4 is 4.74 Å². The van der Waals surface area contributed by atoms with Crippen LogP contribution in [0.3, 0.4) is 0 Å². The van der Waals surface area contributed by atoms with E-state index in [1.807, 2.05) is 54.6 Å². The summed E-state index contributed by atoms with van der Waals surface area (Å²) in [4.78, 5) is 5.89. The number of ether oxygens (including phenoxy) is 1. The molecule has 5 aromatic rings. The fourth-order valence-electron chi connectivity index (χ4n) is 3.30. The van der Waals surface area contributed by atoms with Crippen molar-refractivity contribution in [1.29, 1.82) is 0 Å². The highest BCUT2D eigenvalue weighted by atomic mass is 32.2. The van der Waals surface area contributed by atoms with Crippen molar-refractivity contribution in [3.63, 3.8) is 0 Å². The molecule has 0 aliphatic rings. The van der Waals surface area contributed by atoms with Gasteiger partial charge in [-0.2, -0.15) is 5.21 Å². The molecule has 0 radical (unpaired) electrons. The van der Waals surface area contributed by atoms with Gasteiger partial charge in [-0.1, -0.05) is 54.6 Å². The Morgan fingerprint density at radius 3 is 2.71 bits per heavy atom. The summed E-state index contributed by atoms with van der Waals surface area (Å²) < 4.78 is 6.07. The van der Waals surface area contributed by atoms with Crippen LogP contribution in [0, 0.1) is 0 Å². The van der Waals surface area contributed by atoms with Gasteiger partial charge in [0.2, 0.25) is 5.82 Å². The normalized spacial score (nSPS) is 11.0. The quantitative estimate of drug-likeness (QED) is 0.357. The molecular weight excluding hydrogens is 406 g/mol. The van der Waals surface area contributed by atoms with Crippen molar-refractivity contribution >= 4 is 22.7 Å². The lowest BCUT2D eigenvalue weighted by molar-refractivity contribution is 0.306. The smallest absolute Gasteiger partial charge is 0.205 e. The van der Waals surface area contributed by atoms with Crippen molar-refractivity contribution in [3.8, 4) is 17.1 Å². The summed E-state index contributed by atoms with van der Waals surface area (Å²) in [7, 11) is 0. The standard InChI is InChI=1S/C24H19N5OS/c1-3-10-22(24-26-28-29-27-24)18(7-1)15-30-20-8-5-9-21(14-20)31-16-19-13-12-17-6-2-4-11-23(17)25-19/h1-14H,15-16H2,(H,26,27,28,29). The van der Waals surface area contributed by atoms with E-state index >= 15 is 0 Å². The van der Waals surface area contributed by atoms with Gasteiger partial charge < -0.3 is 4.74 Å². The molecular formula is C24H19N5OS. The Hall–Kier alpha value is -3.71. The third kappa shape index (κ3) is 4.57. The molecule has 0 amide bonds. The van der Waals surface area contributed by atoms with Crippen LogP contribution >= 0.6 is 11.8 Å². The first-order valence-electron chi connectivity index (χ1n) is 9.87. The summed E-state index contributed by atoms with van der Waals surface area (Å²) >= 11 is 1.74. The summed E-state index contributed by atoms with van der Waals surface area (Å²) in [6.45, 7) is 0.422. The van der Waals surface area contributed by atoms with Crippen LogP contribution in [0.2, 0.25) is 0 Å². The van der Waals surface area contributed by atoms with E-state index in [0.717, 1.165) is 44.1 Å². The maximum absolute atomic E-state index is 6.07. The lowest BCUT2D eigenvalue weighted by Crippen LogP contribution is -1.98. The number of fused-ring (bicyclic) bond motifs is 1. The third-order valence-corrected chi connectivity index (χ3v) is 5.87. The maximum atomic E-state index is 6.07. The fourth-order valence-corrected chi connectivity index (χ4v) is 4.15. The molecule has 0 bridgehead atoms. The monoisotopic (exact) mass is 425 g/mol. The summed E-state index contributed by atoms with van der Waals surface area (Å²) in [5.41, 5.74) is 3.99. The molecule has 2 aromatic heterocycles. The molecule has 2 heterocycles. The highest BCUT2D eigenvalue weighted by molar-refractivity contribution is 7.98. The van der Waals surface area contributed by atoms with Crippen LogP contribution in [0.5, 0.6) is 5.75 Å². The lowest BCUT2D eigenvalue weighted by Gasteiger charge is -2.10. The average Bonchev–Trinajstić information content (AvgIpc) is 3.37. The van der Waals surface area contributed by atoms with E-state index in [1.165, 1.54) is 0 Å². The summed E-state index contributed by atoms with van der Waals surface area (Å²) in [6, 6.07) is 28.4. The number of rotatable bonds is 7. The van der Waals surface area contributed by atoms with Crippen LogP contribution in [-0.2, 0) is 12.4 Å². The number of aromatic nitrogens is 5. The Balaban J connectivity index is 1.25. The maximum Gasteiger partial charge on any atom is 0.205 e. The van der Waals surface area contributed by atoms with Crippen LogP contribution in [0.25, 0.3) is 22.3 Å². The molecule has 0 unspecified atom stereocenters. The Kier molecular flexibility index (Phi) is 5.58. The summed E-state index contributed by atoms with van der Waals surface area (Å²) in [6.07, 6.45) is 0. The minimum Gasteiger partial charge on any atom is -0.489 e. The second-order valence-electron chi connectivity index (χ2n) is 6.94. The summed E-state index contributed by atoms with van der Waals surface area (Å²) in [5.74, 6) is 2.18. The van der Waals surface area contributed by atoms with Crippen molar-refractivity contribution in [3.05, 3.63) is 96.2 Å². The van der Waals surface area contributed by atoms with Gasteiger partial charge in [0.25, 0.3) is 0 Å². The molecule has 3 aromatic carbocycles. The van der Waals surface area contributed by atoms with Gasteiger partial charge in [0.15, 0.2) is 0 Å². The van der Waals surface area contributed by atoms with E-state index in [1.54, 1.807) is 11.8 Å². The van der Waals surface area contributed by atoms with E-state index in [0.29, 0.717) is 12.4 Å². The van der Waals surface area contributed by atoms with E-state index in [-0.39, 0.29) is 0 Å². The number of thioether (sulfide) groups is 1. The van der Waals surface area contributed by atoms with Crippen LogP contribution in [-0.4, -0.2) is 25.6 Å². The van der Waals surface area contributed by atoms with Crippen molar-refractivity contribution in [2.24, 2.45) is 0 Å². The van der Waals surface area contributed by atoms with Gasteiger partial charge in [0.05, 0.1) is 11.2 Å². The zero-order chi connectivity index (χ0) is 20.9. The third-order valence-electron chi connectivity index (χ3n) is 4.85. The first kappa shape index (κ1) is 19.3. The molecule has 0 spiro atoms. The number of para-hydroxylation sites is 1. The Labute approximate surface area is 183 Å². The number of nitrogens with one attached hydrogen (secondary N) is 1. The van der Waals surface area contributed by atoms with Crippen LogP contribution in [0.4, 0.5) is 0 Å². The number of pyridine rings is 1. The van der Waals surface area contributed by atoms with Crippen molar-refractivity contribution in [2.45, 2.75) is 17.3 Å². The molecule has 5 rings (SSSR count). The zero-order valence-electron chi connectivity index (χ0n) is 16.6. The molecule has 7 heteroatoms. The predicted octanol–water partition coefficient (Wildman–Crippen LogP) is 5.29. The van der Waals surface area contributed by atoms with E-state index < -0.39 is 0 Å². The van der Waals surface area contributed by atoms with Crippen molar-refractivity contribution in [2.75, 3.05) is 0 Å². The number of aromatic amines is 1. The Morgan fingerprint density at radius 1 is 0.871 bits per heavy atom. The molecule has 0 saturated heterocycles. The zero-order valence-corrected chi connectivity index (χ0v) is 17.4. The fraction of sp³-hybridized carbons (Fsp3) is 0.0833. The van der Waals surface area contributed by atoms with E-state index in [9.17, 15) is 0 Å². The average molecular weight is 426 g/mol. The topological polar surface area (TPSA) is 76.6 Å². The molecule has 6 nitrogen and oxygen atoms in total. The second-order valence-corrected chi connectivity index (χ2v) is 7.99. The van der Waals surface area contributed by atoms with Crippen LogP contribution in [0.1, 0.15) is 11.3 Å². The largest absolute Gasteiger partial charge is 0.489 e. The number of tetrazole rings is 1. The molecule has 0 atom stereocenters. The van der Waals surface area contributed by atoms with E-state index in [2.05, 4.69) is 51.0 Å². The molecule has 0 fully saturated rings. The predicted molar refractivity (Wildman–Crippen MR) is 122 cm³/mol.